The lowest BCUT2D eigenvalue weighted by Gasteiger charge is -2.14. The Morgan fingerprint density at radius 1 is 1.44 bits per heavy atom. The smallest absolute Gasteiger partial charge is 0.264 e. The van der Waals surface area contributed by atoms with Crippen molar-refractivity contribution in [1.82, 2.24) is 15.1 Å². The average Bonchev–Trinajstić information content (AvgIpc) is 2.98. The number of nitriles is 1. The summed E-state index contributed by atoms with van der Waals surface area (Å²) in [6.07, 6.45) is 3.68. The summed E-state index contributed by atoms with van der Waals surface area (Å²) in [5.41, 5.74) is 2.69. The Hall–Kier alpha value is -2.09. The maximum Gasteiger partial charge on any atom is 0.264 e. The minimum atomic E-state index is -0.171. The highest BCUT2D eigenvalue weighted by molar-refractivity contribution is 6.02. The molecule has 1 N–H and O–H groups in total. The van der Waals surface area contributed by atoms with Crippen molar-refractivity contribution in [2.24, 2.45) is 0 Å². The second-order valence-corrected chi connectivity index (χ2v) is 4.52. The highest BCUT2D eigenvalue weighted by Gasteiger charge is 2.22. The topological polar surface area (TPSA) is 72.8 Å². The van der Waals surface area contributed by atoms with Gasteiger partial charge in [0.15, 0.2) is 0 Å². The zero-order valence-electron chi connectivity index (χ0n) is 10.7. The van der Waals surface area contributed by atoms with E-state index < -0.39 is 0 Å². The van der Waals surface area contributed by atoms with Gasteiger partial charge in [-0.05, 0) is 32.8 Å². The molecule has 1 aromatic heterocycles. The second-order valence-electron chi connectivity index (χ2n) is 4.52. The largest absolute Gasteiger partial charge is 0.338 e. The highest BCUT2D eigenvalue weighted by Crippen LogP contribution is 2.17. The zero-order chi connectivity index (χ0) is 13.1. The number of hydrogen-bond donors (Lipinski definition) is 1. The first kappa shape index (κ1) is 12.4. The molecule has 5 heteroatoms. The monoisotopic (exact) mass is 244 g/mol. The van der Waals surface area contributed by atoms with Gasteiger partial charge in [0.1, 0.15) is 11.6 Å². The number of carbonyl (C=O) groups excluding carboxylic acids is 1. The summed E-state index contributed by atoms with van der Waals surface area (Å²) in [5.74, 6) is -0.171. The number of aryl methyl sites for hydroxylation is 2. The van der Waals surface area contributed by atoms with Crippen LogP contribution in [0.3, 0.4) is 0 Å². The molecule has 0 aromatic carbocycles. The van der Waals surface area contributed by atoms with Gasteiger partial charge in [0.05, 0.1) is 5.69 Å². The molecule has 0 bridgehead atoms. The third-order valence-electron chi connectivity index (χ3n) is 3.22. The summed E-state index contributed by atoms with van der Waals surface area (Å²) < 4.78 is 0. The Bertz CT molecular complexity index is 510. The number of likely N-dealkylation sites (tertiary alicyclic amines) is 1. The first-order valence-electron chi connectivity index (χ1n) is 6.06. The molecular formula is C13H16N4O. The Labute approximate surface area is 106 Å². The van der Waals surface area contributed by atoms with Crippen LogP contribution in [-0.2, 0) is 4.79 Å². The molecular weight excluding hydrogens is 228 g/mol. The zero-order valence-corrected chi connectivity index (χ0v) is 10.7. The van der Waals surface area contributed by atoms with Gasteiger partial charge >= 0.3 is 0 Å². The molecule has 0 unspecified atom stereocenters. The maximum absolute atomic E-state index is 12.1. The number of hydrogen-bond acceptors (Lipinski definition) is 3. The predicted molar refractivity (Wildman–Crippen MR) is 67.5 cm³/mol. The van der Waals surface area contributed by atoms with E-state index in [9.17, 15) is 4.79 Å². The van der Waals surface area contributed by atoms with Gasteiger partial charge in [-0.15, -0.1) is 0 Å². The molecule has 0 atom stereocenters. The standard InChI is InChI=1S/C13H16N4O/c1-9-12(10(2)16-15-9)7-11(8-14)13(18)17-5-3-4-6-17/h7H,3-6H2,1-2H3,(H,15,16). The van der Waals surface area contributed by atoms with E-state index in [1.807, 2.05) is 19.9 Å². The van der Waals surface area contributed by atoms with Crippen LogP contribution in [0.1, 0.15) is 29.8 Å². The van der Waals surface area contributed by atoms with Crippen LogP contribution < -0.4 is 0 Å². The molecule has 1 aliphatic rings. The molecule has 0 radical (unpaired) electrons. The lowest BCUT2D eigenvalue weighted by Crippen LogP contribution is -2.28. The summed E-state index contributed by atoms with van der Waals surface area (Å²) in [7, 11) is 0. The van der Waals surface area contributed by atoms with Gasteiger partial charge in [-0.3, -0.25) is 9.89 Å². The molecule has 0 spiro atoms. The molecule has 0 saturated carbocycles. The summed E-state index contributed by atoms with van der Waals surface area (Å²) in [5, 5.41) is 16.0. The molecule has 2 heterocycles. The van der Waals surface area contributed by atoms with Crippen molar-refractivity contribution in [2.75, 3.05) is 13.1 Å². The number of carbonyl (C=O) groups is 1. The second kappa shape index (κ2) is 5.05. The van der Waals surface area contributed by atoms with Gasteiger partial charge < -0.3 is 4.90 Å². The Balaban J connectivity index is 2.28. The van der Waals surface area contributed by atoms with E-state index in [-0.39, 0.29) is 11.5 Å². The van der Waals surface area contributed by atoms with Crippen molar-refractivity contribution in [2.45, 2.75) is 26.7 Å². The number of nitrogens with one attached hydrogen (secondary N) is 1. The molecule has 1 aliphatic heterocycles. The van der Waals surface area contributed by atoms with Crippen LogP contribution in [0.4, 0.5) is 0 Å². The summed E-state index contributed by atoms with van der Waals surface area (Å²) in [4.78, 5) is 13.9. The highest BCUT2D eigenvalue weighted by atomic mass is 16.2. The van der Waals surface area contributed by atoms with E-state index in [0.717, 1.165) is 42.9 Å². The third-order valence-corrected chi connectivity index (χ3v) is 3.22. The molecule has 1 amide bonds. The number of aromatic amines is 1. The molecule has 18 heavy (non-hydrogen) atoms. The number of nitrogens with zero attached hydrogens (tertiary/aromatic N) is 3. The van der Waals surface area contributed by atoms with Gasteiger partial charge in [0.25, 0.3) is 5.91 Å². The molecule has 2 rings (SSSR count). The van der Waals surface area contributed by atoms with Crippen LogP contribution in [-0.4, -0.2) is 34.1 Å². The van der Waals surface area contributed by atoms with Crippen molar-refractivity contribution in [3.63, 3.8) is 0 Å². The number of amides is 1. The van der Waals surface area contributed by atoms with Gasteiger partial charge in [-0.25, -0.2) is 0 Å². The molecule has 1 aromatic rings. The van der Waals surface area contributed by atoms with E-state index in [1.165, 1.54) is 0 Å². The normalized spacial score (nSPS) is 15.8. The van der Waals surface area contributed by atoms with Crippen LogP contribution >= 0.6 is 0 Å². The van der Waals surface area contributed by atoms with Crippen molar-refractivity contribution in [3.05, 3.63) is 22.5 Å². The van der Waals surface area contributed by atoms with E-state index >= 15 is 0 Å². The summed E-state index contributed by atoms with van der Waals surface area (Å²) >= 11 is 0. The van der Waals surface area contributed by atoms with Crippen LogP contribution in [0.2, 0.25) is 0 Å². The fourth-order valence-electron chi connectivity index (χ4n) is 2.15. The third kappa shape index (κ3) is 2.28. The van der Waals surface area contributed by atoms with Gasteiger partial charge in [-0.2, -0.15) is 10.4 Å². The van der Waals surface area contributed by atoms with Gasteiger partial charge in [-0.1, -0.05) is 0 Å². The van der Waals surface area contributed by atoms with Crippen LogP contribution in [0, 0.1) is 25.2 Å². The molecule has 94 valence electrons. The van der Waals surface area contributed by atoms with Crippen LogP contribution in [0.25, 0.3) is 6.08 Å². The lowest BCUT2D eigenvalue weighted by atomic mass is 10.1. The SMILES string of the molecule is Cc1n[nH]c(C)c1C=C(C#N)C(=O)N1CCCC1. The summed E-state index contributed by atoms with van der Waals surface area (Å²) in [6, 6.07) is 2.00. The number of rotatable bonds is 2. The number of H-pyrrole nitrogens is 1. The first-order valence-corrected chi connectivity index (χ1v) is 6.06. The number of aromatic nitrogens is 2. The van der Waals surface area contributed by atoms with E-state index in [2.05, 4.69) is 10.2 Å². The molecule has 1 saturated heterocycles. The summed E-state index contributed by atoms with van der Waals surface area (Å²) in [6.45, 7) is 5.23. The van der Waals surface area contributed by atoms with Crippen molar-refractivity contribution < 1.29 is 4.79 Å². The predicted octanol–water partition coefficient (Wildman–Crippen LogP) is 1.56. The van der Waals surface area contributed by atoms with Crippen LogP contribution in [0.5, 0.6) is 0 Å². The average molecular weight is 244 g/mol. The maximum atomic E-state index is 12.1. The van der Waals surface area contributed by atoms with Gasteiger partial charge in [0, 0.05) is 24.3 Å². The minimum absolute atomic E-state index is 0.171. The Morgan fingerprint density at radius 3 is 2.61 bits per heavy atom. The van der Waals surface area contributed by atoms with Crippen molar-refractivity contribution >= 4 is 12.0 Å². The van der Waals surface area contributed by atoms with Crippen molar-refractivity contribution in [3.8, 4) is 6.07 Å². The molecule has 1 fully saturated rings. The first-order chi connectivity index (χ1) is 8.63. The van der Waals surface area contributed by atoms with Crippen LogP contribution in [0.15, 0.2) is 5.57 Å². The molecule has 5 nitrogen and oxygen atoms in total. The van der Waals surface area contributed by atoms with E-state index in [0.29, 0.717) is 0 Å². The minimum Gasteiger partial charge on any atom is -0.338 e. The van der Waals surface area contributed by atoms with E-state index in [1.54, 1.807) is 11.0 Å². The Morgan fingerprint density at radius 2 is 2.11 bits per heavy atom. The lowest BCUT2D eigenvalue weighted by molar-refractivity contribution is -0.125. The fourth-order valence-corrected chi connectivity index (χ4v) is 2.15. The van der Waals surface area contributed by atoms with Crippen molar-refractivity contribution in [1.29, 1.82) is 5.26 Å². The fraction of sp³-hybridized carbons (Fsp3) is 0.462. The Kier molecular flexibility index (Phi) is 3.47. The van der Waals surface area contributed by atoms with E-state index in [4.69, 9.17) is 5.26 Å². The molecule has 0 aliphatic carbocycles. The van der Waals surface area contributed by atoms with Gasteiger partial charge in [0.2, 0.25) is 0 Å². The quantitative estimate of drug-likeness (QED) is 0.633.